The molecular formula is C25H32ClN3O. The van der Waals surface area contributed by atoms with Crippen molar-refractivity contribution in [2.75, 3.05) is 14.1 Å². The molecule has 2 aromatic carbocycles. The van der Waals surface area contributed by atoms with E-state index >= 15 is 0 Å². The Kier molecular flexibility index (Phi) is 7.22. The van der Waals surface area contributed by atoms with Gasteiger partial charge in [-0.2, -0.15) is 0 Å². The minimum atomic E-state index is 0. The number of aromatic amines is 1. The lowest BCUT2D eigenvalue weighted by atomic mass is 9.71. The third-order valence-electron chi connectivity index (χ3n) is 6.72. The molecule has 1 aliphatic carbocycles. The van der Waals surface area contributed by atoms with Crippen LogP contribution in [0.15, 0.2) is 60.8 Å². The van der Waals surface area contributed by atoms with Crippen LogP contribution in [-0.2, 0) is 16.9 Å². The number of halogens is 1. The first-order valence-corrected chi connectivity index (χ1v) is 10.6. The fourth-order valence-electron chi connectivity index (χ4n) is 4.91. The molecule has 2 N–H and O–H groups in total. The van der Waals surface area contributed by atoms with Crippen molar-refractivity contribution in [1.82, 2.24) is 15.2 Å². The monoisotopic (exact) mass is 425 g/mol. The van der Waals surface area contributed by atoms with Gasteiger partial charge in [0.2, 0.25) is 5.91 Å². The van der Waals surface area contributed by atoms with Gasteiger partial charge in [-0.3, -0.25) is 9.69 Å². The van der Waals surface area contributed by atoms with Crippen LogP contribution in [0.4, 0.5) is 0 Å². The molecule has 1 fully saturated rings. The van der Waals surface area contributed by atoms with E-state index < -0.39 is 0 Å². The molecule has 0 aliphatic heterocycles. The number of rotatable bonds is 6. The van der Waals surface area contributed by atoms with Gasteiger partial charge in [0, 0.05) is 35.6 Å². The molecule has 1 heterocycles. The fraction of sp³-hybridized carbons (Fsp3) is 0.400. The Bertz CT molecular complexity index is 959. The highest BCUT2D eigenvalue weighted by Gasteiger charge is 2.38. The van der Waals surface area contributed by atoms with Gasteiger partial charge in [-0.15, -0.1) is 12.4 Å². The number of carbonyl (C=O) groups is 1. The number of H-pyrrole nitrogens is 1. The van der Waals surface area contributed by atoms with Gasteiger partial charge < -0.3 is 10.3 Å². The van der Waals surface area contributed by atoms with Gasteiger partial charge in [0.05, 0.1) is 0 Å². The summed E-state index contributed by atoms with van der Waals surface area (Å²) in [5.41, 5.74) is 3.75. The zero-order chi connectivity index (χ0) is 20.3. The fourth-order valence-corrected chi connectivity index (χ4v) is 4.91. The van der Waals surface area contributed by atoms with Gasteiger partial charge in [0.1, 0.15) is 0 Å². The standard InChI is InChI=1S/C25H31N3O.ClH/c1-28(2)25(21-8-4-3-5-9-21)14-12-19(13-15-25)16-24(29)27-18-20-17-26-23-11-7-6-10-22(20)23;/h3-11,17,19,26H,12-16,18H2,1-2H3,(H,27,29);1H. The van der Waals surface area contributed by atoms with Crippen molar-refractivity contribution in [2.24, 2.45) is 5.92 Å². The van der Waals surface area contributed by atoms with Gasteiger partial charge in [-0.25, -0.2) is 0 Å². The highest BCUT2D eigenvalue weighted by molar-refractivity contribution is 5.85. The quantitative estimate of drug-likeness (QED) is 0.567. The van der Waals surface area contributed by atoms with E-state index in [-0.39, 0.29) is 23.9 Å². The van der Waals surface area contributed by atoms with Crippen molar-refractivity contribution in [3.8, 4) is 0 Å². The van der Waals surface area contributed by atoms with Crippen LogP contribution in [0, 0.1) is 5.92 Å². The van der Waals surface area contributed by atoms with Crippen LogP contribution in [0.2, 0.25) is 0 Å². The summed E-state index contributed by atoms with van der Waals surface area (Å²) in [5.74, 6) is 0.632. The lowest BCUT2D eigenvalue weighted by molar-refractivity contribution is -0.122. The van der Waals surface area contributed by atoms with E-state index in [1.54, 1.807) is 0 Å². The number of nitrogens with zero attached hydrogens (tertiary/aromatic N) is 1. The summed E-state index contributed by atoms with van der Waals surface area (Å²) in [4.78, 5) is 18.2. The molecule has 4 nitrogen and oxygen atoms in total. The van der Waals surface area contributed by atoms with Crippen LogP contribution < -0.4 is 5.32 Å². The minimum Gasteiger partial charge on any atom is -0.361 e. The lowest BCUT2D eigenvalue weighted by Crippen LogP contribution is -2.44. The zero-order valence-corrected chi connectivity index (χ0v) is 18.7. The lowest BCUT2D eigenvalue weighted by Gasteiger charge is -2.45. The van der Waals surface area contributed by atoms with E-state index in [1.165, 1.54) is 10.9 Å². The van der Waals surface area contributed by atoms with Gasteiger partial charge in [0.25, 0.3) is 0 Å². The number of fused-ring (bicyclic) bond motifs is 1. The summed E-state index contributed by atoms with van der Waals surface area (Å²) in [7, 11) is 4.36. The highest BCUT2D eigenvalue weighted by Crippen LogP contribution is 2.43. The molecule has 1 amide bonds. The van der Waals surface area contributed by atoms with Crippen molar-refractivity contribution in [3.63, 3.8) is 0 Å². The van der Waals surface area contributed by atoms with Crippen LogP contribution in [0.1, 0.15) is 43.2 Å². The zero-order valence-electron chi connectivity index (χ0n) is 17.9. The molecule has 0 unspecified atom stereocenters. The number of benzene rings is 2. The van der Waals surface area contributed by atoms with Crippen LogP contribution in [0.25, 0.3) is 10.9 Å². The second kappa shape index (κ2) is 9.67. The Morgan fingerprint density at radius 3 is 2.43 bits per heavy atom. The normalized spacial score (nSPS) is 21.4. The summed E-state index contributed by atoms with van der Waals surface area (Å²) in [6.07, 6.45) is 7.01. The number of amides is 1. The number of carbonyl (C=O) groups excluding carboxylic acids is 1. The minimum absolute atomic E-state index is 0. The van der Waals surface area contributed by atoms with E-state index in [0.29, 0.717) is 18.9 Å². The molecule has 0 radical (unpaired) electrons. The van der Waals surface area contributed by atoms with Crippen LogP contribution in [0.3, 0.4) is 0 Å². The summed E-state index contributed by atoms with van der Waals surface area (Å²) in [6, 6.07) is 19.0. The smallest absolute Gasteiger partial charge is 0.220 e. The molecular weight excluding hydrogens is 394 g/mol. The third kappa shape index (κ3) is 4.55. The summed E-state index contributed by atoms with van der Waals surface area (Å²) in [6.45, 7) is 0.585. The Labute approximate surface area is 185 Å². The number of hydrogen-bond donors (Lipinski definition) is 2. The summed E-state index contributed by atoms with van der Waals surface area (Å²) in [5, 5.41) is 4.31. The second-order valence-corrected chi connectivity index (χ2v) is 8.58. The van der Waals surface area contributed by atoms with Crippen molar-refractivity contribution in [1.29, 1.82) is 0 Å². The van der Waals surface area contributed by atoms with E-state index in [2.05, 4.69) is 71.8 Å². The molecule has 30 heavy (non-hydrogen) atoms. The number of para-hydroxylation sites is 1. The summed E-state index contributed by atoms with van der Waals surface area (Å²) >= 11 is 0. The number of hydrogen-bond acceptors (Lipinski definition) is 2. The van der Waals surface area contributed by atoms with E-state index in [9.17, 15) is 4.79 Å². The molecule has 4 rings (SSSR count). The maximum absolute atomic E-state index is 12.6. The maximum Gasteiger partial charge on any atom is 0.220 e. The first kappa shape index (κ1) is 22.4. The van der Waals surface area contributed by atoms with Gasteiger partial charge in [-0.05, 0) is 62.9 Å². The molecule has 0 saturated heterocycles. The highest BCUT2D eigenvalue weighted by atomic mass is 35.5. The van der Waals surface area contributed by atoms with E-state index in [0.717, 1.165) is 36.8 Å². The third-order valence-corrected chi connectivity index (χ3v) is 6.72. The molecule has 1 aliphatic rings. The first-order valence-electron chi connectivity index (χ1n) is 10.6. The SMILES string of the molecule is CN(C)C1(c2ccccc2)CCC(CC(=O)NCc2c[nH]c3ccccc23)CC1.Cl. The predicted molar refractivity (Wildman–Crippen MR) is 126 cm³/mol. The summed E-state index contributed by atoms with van der Waals surface area (Å²) < 4.78 is 0. The molecule has 0 spiro atoms. The average molecular weight is 426 g/mol. The van der Waals surface area contributed by atoms with Crippen molar-refractivity contribution in [3.05, 3.63) is 71.9 Å². The predicted octanol–water partition coefficient (Wildman–Crippen LogP) is 5.24. The van der Waals surface area contributed by atoms with Crippen LogP contribution >= 0.6 is 12.4 Å². The average Bonchev–Trinajstić information content (AvgIpc) is 3.16. The number of nitrogens with one attached hydrogen (secondary N) is 2. The molecule has 5 heteroatoms. The van der Waals surface area contributed by atoms with Crippen molar-refractivity contribution >= 4 is 29.2 Å². The maximum atomic E-state index is 12.6. The van der Waals surface area contributed by atoms with Gasteiger partial charge in [-0.1, -0.05) is 48.5 Å². The molecule has 0 atom stereocenters. The van der Waals surface area contributed by atoms with E-state index in [4.69, 9.17) is 0 Å². The molecule has 160 valence electrons. The van der Waals surface area contributed by atoms with Crippen molar-refractivity contribution in [2.45, 2.75) is 44.2 Å². The first-order chi connectivity index (χ1) is 14.1. The largest absolute Gasteiger partial charge is 0.361 e. The molecule has 0 bridgehead atoms. The van der Waals surface area contributed by atoms with E-state index in [1.807, 2.05) is 18.3 Å². The Morgan fingerprint density at radius 2 is 1.73 bits per heavy atom. The topological polar surface area (TPSA) is 48.1 Å². The van der Waals surface area contributed by atoms with Crippen LogP contribution in [-0.4, -0.2) is 29.9 Å². The molecule has 3 aromatic rings. The number of aromatic nitrogens is 1. The van der Waals surface area contributed by atoms with Gasteiger partial charge >= 0.3 is 0 Å². The molecule has 1 aromatic heterocycles. The molecule has 1 saturated carbocycles. The Hall–Kier alpha value is -2.30. The van der Waals surface area contributed by atoms with Gasteiger partial charge in [0.15, 0.2) is 0 Å². The second-order valence-electron chi connectivity index (χ2n) is 8.58. The Morgan fingerprint density at radius 1 is 1.07 bits per heavy atom. The van der Waals surface area contributed by atoms with Crippen molar-refractivity contribution < 1.29 is 4.79 Å². The van der Waals surface area contributed by atoms with Crippen LogP contribution in [0.5, 0.6) is 0 Å². The Balaban J connectivity index is 0.00000256.